The maximum Gasteiger partial charge on any atom is 0.347 e. The first-order valence-corrected chi connectivity index (χ1v) is 7.77. The molecule has 0 aliphatic rings. The van der Waals surface area contributed by atoms with E-state index in [0.717, 1.165) is 20.8 Å². The van der Waals surface area contributed by atoms with Crippen molar-refractivity contribution < 1.29 is 9.21 Å². The van der Waals surface area contributed by atoms with Gasteiger partial charge in [-0.15, -0.1) is 0 Å². The highest BCUT2D eigenvalue weighted by Crippen LogP contribution is 2.25. The number of carbonyl (C=O) groups is 1. The Hall–Kier alpha value is -2.66. The number of halogens is 1. The second-order valence-electron chi connectivity index (χ2n) is 5.21. The quantitative estimate of drug-likeness (QED) is 0.425. The number of para-hydroxylation sites is 1. The number of ketones is 1. The largest absolute Gasteiger partial charge is 0.422 e. The third kappa shape index (κ3) is 2.29. The molecule has 0 aliphatic carbocycles. The molecule has 2 aromatic heterocycles. The molecule has 0 fully saturated rings. The maximum atomic E-state index is 12.8. The van der Waals surface area contributed by atoms with E-state index < -0.39 is 5.63 Å². The lowest BCUT2D eigenvalue weighted by Crippen LogP contribution is -2.14. The predicted octanol–water partition coefficient (Wildman–Crippen LogP) is 4.27. The van der Waals surface area contributed by atoms with E-state index in [1.807, 2.05) is 24.3 Å². The zero-order valence-corrected chi connectivity index (χ0v) is 13.4. The number of rotatable bonds is 2. The normalized spacial score (nSPS) is 11.2. The average molecular weight is 368 g/mol. The van der Waals surface area contributed by atoms with Gasteiger partial charge in [0, 0.05) is 32.5 Å². The highest BCUT2D eigenvalue weighted by atomic mass is 79.9. The number of fused-ring (bicyclic) bond motifs is 2. The summed E-state index contributed by atoms with van der Waals surface area (Å²) in [6.07, 6.45) is 1.62. The average Bonchev–Trinajstić information content (AvgIpc) is 2.96. The summed E-state index contributed by atoms with van der Waals surface area (Å²) in [6, 6.07) is 14.3. The minimum Gasteiger partial charge on any atom is -0.422 e. The number of H-pyrrole nitrogens is 1. The van der Waals surface area contributed by atoms with Crippen LogP contribution in [-0.2, 0) is 0 Å². The Morgan fingerprint density at radius 1 is 1.04 bits per heavy atom. The van der Waals surface area contributed by atoms with Crippen LogP contribution in [0.2, 0.25) is 0 Å². The summed E-state index contributed by atoms with van der Waals surface area (Å²) in [5.74, 6) is -0.353. The molecule has 112 valence electrons. The Kier molecular flexibility index (Phi) is 3.16. The SMILES string of the molecule is O=C(c1cc2ccccc2oc1=O)c1c[nH]c2ccc(Br)cc12. The molecule has 0 saturated carbocycles. The molecule has 0 bridgehead atoms. The van der Waals surface area contributed by atoms with E-state index in [4.69, 9.17) is 4.42 Å². The molecule has 23 heavy (non-hydrogen) atoms. The highest BCUT2D eigenvalue weighted by Gasteiger charge is 2.19. The van der Waals surface area contributed by atoms with Crippen molar-refractivity contribution in [1.29, 1.82) is 0 Å². The molecule has 0 aliphatic heterocycles. The van der Waals surface area contributed by atoms with Gasteiger partial charge >= 0.3 is 5.63 Å². The van der Waals surface area contributed by atoms with Gasteiger partial charge in [-0.25, -0.2) is 4.79 Å². The molecule has 5 heteroatoms. The molecule has 4 aromatic rings. The van der Waals surface area contributed by atoms with E-state index in [1.165, 1.54) is 0 Å². The van der Waals surface area contributed by atoms with Gasteiger partial charge in [0.1, 0.15) is 11.1 Å². The van der Waals surface area contributed by atoms with Gasteiger partial charge in [-0.05, 0) is 30.3 Å². The van der Waals surface area contributed by atoms with Crippen LogP contribution in [0.3, 0.4) is 0 Å². The van der Waals surface area contributed by atoms with Crippen LogP contribution in [-0.4, -0.2) is 10.8 Å². The molecule has 0 atom stereocenters. The Bertz CT molecular complexity index is 1120. The second-order valence-corrected chi connectivity index (χ2v) is 6.12. The molecular weight excluding hydrogens is 358 g/mol. The van der Waals surface area contributed by atoms with Crippen LogP contribution in [0.25, 0.3) is 21.9 Å². The van der Waals surface area contributed by atoms with Gasteiger partial charge < -0.3 is 9.40 Å². The lowest BCUT2D eigenvalue weighted by Gasteiger charge is -2.01. The van der Waals surface area contributed by atoms with Crippen LogP contribution >= 0.6 is 15.9 Å². The second kappa shape index (κ2) is 5.21. The summed E-state index contributed by atoms with van der Waals surface area (Å²) in [5.41, 5.74) is 1.16. The summed E-state index contributed by atoms with van der Waals surface area (Å²) < 4.78 is 6.12. The third-order valence-electron chi connectivity index (χ3n) is 3.77. The maximum absolute atomic E-state index is 12.8. The fourth-order valence-corrected chi connectivity index (χ4v) is 3.01. The number of benzene rings is 2. The van der Waals surface area contributed by atoms with Crippen molar-refractivity contribution in [2.45, 2.75) is 0 Å². The summed E-state index contributed by atoms with van der Waals surface area (Å²) in [5, 5.41) is 1.48. The van der Waals surface area contributed by atoms with Crippen LogP contribution in [0.4, 0.5) is 0 Å². The number of nitrogens with one attached hydrogen (secondary N) is 1. The van der Waals surface area contributed by atoms with E-state index in [9.17, 15) is 9.59 Å². The molecule has 0 spiro atoms. The molecule has 1 N–H and O–H groups in total. The zero-order valence-electron chi connectivity index (χ0n) is 11.8. The third-order valence-corrected chi connectivity index (χ3v) is 4.27. The molecular formula is C18H10BrNO3. The van der Waals surface area contributed by atoms with Gasteiger partial charge in [-0.3, -0.25) is 4.79 Å². The van der Waals surface area contributed by atoms with Gasteiger partial charge in [0.05, 0.1) is 0 Å². The van der Waals surface area contributed by atoms with Gasteiger partial charge in [-0.2, -0.15) is 0 Å². The summed E-state index contributed by atoms with van der Waals surface area (Å²) in [7, 11) is 0. The van der Waals surface area contributed by atoms with Crippen molar-refractivity contribution >= 4 is 43.6 Å². The van der Waals surface area contributed by atoms with E-state index in [0.29, 0.717) is 11.1 Å². The summed E-state index contributed by atoms with van der Waals surface area (Å²) in [4.78, 5) is 28.0. The number of aromatic amines is 1. The Balaban J connectivity index is 1.92. The smallest absolute Gasteiger partial charge is 0.347 e. The van der Waals surface area contributed by atoms with Crippen LogP contribution in [0, 0.1) is 0 Å². The predicted molar refractivity (Wildman–Crippen MR) is 91.9 cm³/mol. The Morgan fingerprint density at radius 3 is 2.74 bits per heavy atom. The molecule has 4 rings (SSSR count). The van der Waals surface area contributed by atoms with E-state index >= 15 is 0 Å². The van der Waals surface area contributed by atoms with E-state index in [1.54, 1.807) is 30.5 Å². The number of hydrogen-bond donors (Lipinski definition) is 1. The first-order chi connectivity index (χ1) is 11.1. The Morgan fingerprint density at radius 2 is 1.87 bits per heavy atom. The number of carbonyl (C=O) groups excluding carboxylic acids is 1. The molecule has 2 heterocycles. The van der Waals surface area contributed by atoms with E-state index in [-0.39, 0.29) is 11.3 Å². The van der Waals surface area contributed by atoms with E-state index in [2.05, 4.69) is 20.9 Å². The first kappa shape index (κ1) is 14.0. The minimum absolute atomic E-state index is 0.0320. The topological polar surface area (TPSA) is 63.1 Å². The standard InChI is InChI=1S/C18H10BrNO3/c19-11-5-6-15-12(8-11)14(9-20-15)17(21)13-7-10-3-1-2-4-16(10)23-18(13)22/h1-9,20H. The molecule has 4 nitrogen and oxygen atoms in total. The molecule has 0 saturated heterocycles. The Labute approximate surface area is 138 Å². The monoisotopic (exact) mass is 367 g/mol. The van der Waals surface area contributed by atoms with Crippen LogP contribution in [0.5, 0.6) is 0 Å². The lowest BCUT2D eigenvalue weighted by atomic mass is 10.0. The molecule has 0 radical (unpaired) electrons. The van der Waals surface area contributed by atoms with Crippen molar-refractivity contribution in [1.82, 2.24) is 4.98 Å². The minimum atomic E-state index is -0.627. The van der Waals surface area contributed by atoms with Crippen molar-refractivity contribution in [3.63, 3.8) is 0 Å². The highest BCUT2D eigenvalue weighted by molar-refractivity contribution is 9.10. The van der Waals surface area contributed by atoms with Gasteiger partial charge in [0.25, 0.3) is 0 Å². The molecule has 2 aromatic carbocycles. The lowest BCUT2D eigenvalue weighted by molar-refractivity contribution is 0.103. The summed E-state index contributed by atoms with van der Waals surface area (Å²) >= 11 is 3.40. The number of hydrogen-bond acceptors (Lipinski definition) is 3. The van der Waals surface area contributed by atoms with Crippen molar-refractivity contribution in [3.05, 3.63) is 80.7 Å². The molecule has 0 amide bonds. The van der Waals surface area contributed by atoms with Gasteiger partial charge in [0.15, 0.2) is 0 Å². The van der Waals surface area contributed by atoms with Crippen molar-refractivity contribution in [3.8, 4) is 0 Å². The zero-order chi connectivity index (χ0) is 16.0. The first-order valence-electron chi connectivity index (χ1n) is 6.98. The fourth-order valence-electron chi connectivity index (χ4n) is 2.65. The number of aromatic nitrogens is 1. The fraction of sp³-hybridized carbons (Fsp3) is 0. The van der Waals surface area contributed by atoms with Crippen LogP contribution < -0.4 is 5.63 Å². The van der Waals surface area contributed by atoms with Crippen LogP contribution in [0.15, 0.2) is 68.4 Å². The van der Waals surface area contributed by atoms with Crippen LogP contribution in [0.1, 0.15) is 15.9 Å². The van der Waals surface area contributed by atoms with Gasteiger partial charge in [-0.1, -0.05) is 34.1 Å². The molecule has 0 unspecified atom stereocenters. The summed E-state index contributed by atoms with van der Waals surface area (Å²) in [6.45, 7) is 0. The van der Waals surface area contributed by atoms with Crippen molar-refractivity contribution in [2.24, 2.45) is 0 Å². The van der Waals surface area contributed by atoms with Crippen molar-refractivity contribution in [2.75, 3.05) is 0 Å². The van der Waals surface area contributed by atoms with Gasteiger partial charge in [0.2, 0.25) is 5.78 Å².